The fourth-order valence-corrected chi connectivity index (χ4v) is 3.77. The van der Waals surface area contributed by atoms with Crippen LogP contribution in [-0.2, 0) is 0 Å². The smallest absolute Gasteiger partial charge is 0.270 e. The second-order valence-corrected chi connectivity index (χ2v) is 6.77. The molecule has 0 bridgehead atoms. The maximum atomic E-state index is 13.1. The number of carbonyl (C=O) groups is 1. The number of hydrogen-bond donors (Lipinski definition) is 0. The highest BCUT2D eigenvalue weighted by atomic mass is 32.1. The minimum atomic E-state index is -0.00844. The monoisotopic (exact) mass is 366 g/mol. The van der Waals surface area contributed by atoms with Crippen LogP contribution in [0.25, 0.3) is 10.6 Å². The van der Waals surface area contributed by atoms with Crippen molar-refractivity contribution in [3.8, 4) is 16.3 Å². The Bertz CT molecular complexity index is 873. The van der Waals surface area contributed by atoms with Crippen molar-refractivity contribution in [1.82, 2.24) is 4.98 Å². The zero-order chi connectivity index (χ0) is 18.5. The largest absolute Gasteiger partial charge is 0.494 e. The van der Waals surface area contributed by atoms with Crippen molar-refractivity contribution < 1.29 is 9.53 Å². The molecule has 0 radical (unpaired) electrons. The van der Waals surface area contributed by atoms with Gasteiger partial charge in [0.15, 0.2) is 0 Å². The number of carbonyl (C=O) groups excluding carboxylic acids is 1. The van der Waals surface area contributed by atoms with E-state index >= 15 is 0 Å². The normalized spacial score (nSPS) is 10.6. The lowest BCUT2D eigenvalue weighted by atomic mass is 10.2. The van der Waals surface area contributed by atoms with Gasteiger partial charge in [0.05, 0.1) is 12.3 Å². The zero-order valence-corrected chi connectivity index (χ0v) is 16.0. The molecule has 26 heavy (non-hydrogen) atoms. The number of aromatic nitrogens is 1. The van der Waals surface area contributed by atoms with Crippen molar-refractivity contribution in [3.63, 3.8) is 0 Å². The Morgan fingerprint density at radius 2 is 1.77 bits per heavy atom. The summed E-state index contributed by atoms with van der Waals surface area (Å²) < 4.78 is 5.48. The Morgan fingerprint density at radius 3 is 2.38 bits per heavy atom. The van der Waals surface area contributed by atoms with E-state index in [0.29, 0.717) is 18.0 Å². The second-order valence-electron chi connectivity index (χ2n) is 5.78. The van der Waals surface area contributed by atoms with Crippen molar-refractivity contribution in [1.29, 1.82) is 0 Å². The highest BCUT2D eigenvalue weighted by Gasteiger charge is 2.22. The van der Waals surface area contributed by atoms with Crippen molar-refractivity contribution >= 4 is 22.9 Å². The molecule has 1 aromatic heterocycles. The fourth-order valence-electron chi connectivity index (χ4n) is 2.75. The number of rotatable bonds is 6. The van der Waals surface area contributed by atoms with Gasteiger partial charge in [-0.25, -0.2) is 4.98 Å². The van der Waals surface area contributed by atoms with Crippen LogP contribution in [0.3, 0.4) is 0 Å². The molecule has 0 aliphatic rings. The first-order valence-corrected chi connectivity index (χ1v) is 9.53. The highest BCUT2D eigenvalue weighted by Crippen LogP contribution is 2.31. The quantitative estimate of drug-likeness (QED) is 0.603. The molecular weight excluding hydrogens is 344 g/mol. The Hall–Kier alpha value is -2.66. The molecule has 0 aliphatic carbocycles. The van der Waals surface area contributed by atoms with Gasteiger partial charge in [-0.15, -0.1) is 11.3 Å². The molecule has 3 aromatic rings. The van der Waals surface area contributed by atoms with Crippen LogP contribution < -0.4 is 9.64 Å². The van der Waals surface area contributed by atoms with Crippen LogP contribution in [0.1, 0.15) is 29.2 Å². The van der Waals surface area contributed by atoms with Gasteiger partial charge in [-0.1, -0.05) is 18.2 Å². The Kier molecular flexibility index (Phi) is 5.68. The van der Waals surface area contributed by atoms with Crippen LogP contribution in [-0.4, -0.2) is 24.0 Å². The number of aryl methyl sites for hydroxylation is 1. The Balaban J connectivity index is 1.88. The predicted octanol–water partition coefficient (Wildman–Crippen LogP) is 5.18. The zero-order valence-electron chi connectivity index (χ0n) is 15.2. The van der Waals surface area contributed by atoms with Gasteiger partial charge in [0, 0.05) is 17.8 Å². The third-order valence-corrected chi connectivity index (χ3v) is 5.23. The maximum Gasteiger partial charge on any atom is 0.270 e. The highest BCUT2D eigenvalue weighted by molar-refractivity contribution is 7.17. The lowest BCUT2D eigenvalue weighted by molar-refractivity contribution is 0.0991. The molecule has 0 saturated heterocycles. The number of thiazole rings is 1. The number of hydrogen-bond acceptors (Lipinski definition) is 4. The maximum absolute atomic E-state index is 13.1. The van der Waals surface area contributed by atoms with Gasteiger partial charge < -0.3 is 9.64 Å². The van der Waals surface area contributed by atoms with Crippen LogP contribution in [0.5, 0.6) is 5.75 Å². The summed E-state index contributed by atoms with van der Waals surface area (Å²) in [6.07, 6.45) is 0. The topological polar surface area (TPSA) is 42.4 Å². The fraction of sp³-hybridized carbons (Fsp3) is 0.238. The van der Waals surface area contributed by atoms with Crippen LogP contribution in [0, 0.1) is 6.92 Å². The molecule has 3 rings (SSSR count). The summed E-state index contributed by atoms with van der Waals surface area (Å²) in [7, 11) is 0. The van der Waals surface area contributed by atoms with E-state index in [4.69, 9.17) is 4.74 Å². The average Bonchev–Trinajstić information content (AvgIpc) is 3.06. The van der Waals surface area contributed by atoms with E-state index in [1.54, 1.807) is 4.90 Å². The van der Waals surface area contributed by atoms with Gasteiger partial charge in [0.25, 0.3) is 5.91 Å². The van der Waals surface area contributed by atoms with Crippen LogP contribution >= 0.6 is 11.3 Å². The molecule has 1 amide bonds. The van der Waals surface area contributed by atoms with Gasteiger partial charge in [-0.2, -0.15) is 0 Å². The lowest BCUT2D eigenvalue weighted by Crippen LogP contribution is -2.30. The Morgan fingerprint density at radius 1 is 1.08 bits per heavy atom. The molecule has 1 heterocycles. The lowest BCUT2D eigenvalue weighted by Gasteiger charge is -2.20. The summed E-state index contributed by atoms with van der Waals surface area (Å²) in [5.41, 5.74) is 2.65. The van der Waals surface area contributed by atoms with Gasteiger partial charge in [-0.05, 0) is 57.2 Å². The molecule has 0 fully saturated rings. The van der Waals surface area contributed by atoms with Crippen molar-refractivity contribution in [2.75, 3.05) is 18.1 Å². The summed E-state index contributed by atoms with van der Waals surface area (Å²) in [4.78, 5) is 20.1. The number of nitrogens with zero attached hydrogens (tertiary/aromatic N) is 2. The molecule has 134 valence electrons. The predicted molar refractivity (Wildman–Crippen MR) is 107 cm³/mol. The Labute approximate surface area is 158 Å². The molecule has 0 N–H and O–H groups in total. The SMILES string of the molecule is CCOc1ccc(-c2nc(C)c(C(=O)N(CC)c3ccccc3)s2)cc1. The van der Waals surface area contributed by atoms with Crippen molar-refractivity contribution in [2.24, 2.45) is 0 Å². The number of amides is 1. The molecule has 0 spiro atoms. The average molecular weight is 366 g/mol. The number of para-hydroxylation sites is 1. The first-order valence-electron chi connectivity index (χ1n) is 8.71. The third kappa shape index (κ3) is 3.78. The molecule has 0 aliphatic heterocycles. The van der Waals surface area contributed by atoms with Crippen LogP contribution in [0.4, 0.5) is 5.69 Å². The number of ether oxygens (including phenoxy) is 1. The van der Waals surface area contributed by atoms with Gasteiger partial charge in [-0.3, -0.25) is 4.79 Å². The van der Waals surface area contributed by atoms with Gasteiger partial charge in [0.1, 0.15) is 15.6 Å². The minimum absolute atomic E-state index is 0.00844. The first kappa shape index (κ1) is 18.1. The van der Waals surface area contributed by atoms with E-state index in [9.17, 15) is 4.79 Å². The van der Waals surface area contributed by atoms with Crippen LogP contribution in [0.15, 0.2) is 54.6 Å². The minimum Gasteiger partial charge on any atom is -0.494 e. The first-order chi connectivity index (χ1) is 12.6. The molecule has 4 nitrogen and oxygen atoms in total. The third-order valence-electron chi connectivity index (χ3n) is 4.03. The standard InChI is InChI=1S/C21H22N2O2S/c1-4-23(17-9-7-6-8-10-17)21(24)19-15(3)22-20(26-19)16-11-13-18(14-12-16)25-5-2/h6-14H,4-5H2,1-3H3. The van der Waals surface area contributed by atoms with E-state index < -0.39 is 0 Å². The summed E-state index contributed by atoms with van der Waals surface area (Å²) in [5, 5.41) is 0.845. The number of anilines is 1. The molecule has 0 saturated carbocycles. The van der Waals surface area contributed by atoms with E-state index in [2.05, 4.69) is 4.98 Å². The number of benzene rings is 2. The molecule has 0 unspecified atom stereocenters. The van der Waals surface area contributed by atoms with E-state index in [0.717, 1.165) is 27.7 Å². The van der Waals surface area contributed by atoms with E-state index in [1.165, 1.54) is 11.3 Å². The van der Waals surface area contributed by atoms with Crippen molar-refractivity contribution in [3.05, 3.63) is 65.2 Å². The van der Waals surface area contributed by atoms with Gasteiger partial charge in [0.2, 0.25) is 0 Å². The van der Waals surface area contributed by atoms with Gasteiger partial charge >= 0.3 is 0 Å². The van der Waals surface area contributed by atoms with Crippen molar-refractivity contribution in [2.45, 2.75) is 20.8 Å². The summed E-state index contributed by atoms with van der Waals surface area (Å²) in [6.45, 7) is 7.08. The molecule has 2 aromatic carbocycles. The molecular formula is C21H22N2O2S. The summed E-state index contributed by atoms with van der Waals surface area (Å²) in [5.74, 6) is 0.827. The summed E-state index contributed by atoms with van der Waals surface area (Å²) in [6, 6.07) is 17.5. The van der Waals surface area contributed by atoms with Crippen LogP contribution in [0.2, 0.25) is 0 Å². The molecule has 0 atom stereocenters. The second kappa shape index (κ2) is 8.15. The molecule has 5 heteroatoms. The van der Waals surface area contributed by atoms with E-state index in [-0.39, 0.29) is 5.91 Å². The summed E-state index contributed by atoms with van der Waals surface area (Å²) >= 11 is 1.44. The van der Waals surface area contributed by atoms with E-state index in [1.807, 2.05) is 75.4 Å².